The normalized spacial score (nSPS) is 24.9. The Hall–Kier alpha value is -0.643. The average Bonchev–Trinajstić information content (AvgIpc) is 2.40. The van der Waals surface area contributed by atoms with Gasteiger partial charge < -0.3 is 5.73 Å². The maximum absolute atomic E-state index is 6.19. The highest BCUT2D eigenvalue weighted by atomic mass is 28.3. The molecule has 2 nitrogen and oxygen atoms in total. The van der Waals surface area contributed by atoms with Gasteiger partial charge in [-0.05, 0) is 24.4 Å². The summed E-state index contributed by atoms with van der Waals surface area (Å²) >= 11 is 0. The van der Waals surface area contributed by atoms with Gasteiger partial charge in [0, 0.05) is 19.1 Å². The summed E-state index contributed by atoms with van der Waals surface area (Å²) in [7, 11) is -1.16. The van der Waals surface area contributed by atoms with Crippen LogP contribution in [0.2, 0.25) is 19.6 Å². The van der Waals surface area contributed by atoms with Gasteiger partial charge in [0.05, 0.1) is 8.07 Å². The number of likely N-dealkylation sites (tertiary alicyclic amines) is 1. The molecule has 112 valence electrons. The molecule has 1 aliphatic heterocycles. The molecule has 1 saturated heterocycles. The topological polar surface area (TPSA) is 29.3 Å². The molecule has 0 aliphatic carbocycles. The number of hydrogen-bond acceptors (Lipinski definition) is 2. The van der Waals surface area contributed by atoms with E-state index < -0.39 is 8.07 Å². The maximum atomic E-state index is 6.19. The highest BCUT2D eigenvalue weighted by Gasteiger charge is 2.25. The molecule has 0 saturated carbocycles. The molecule has 0 radical (unpaired) electrons. The Kier molecular flexibility index (Phi) is 5.05. The summed E-state index contributed by atoms with van der Waals surface area (Å²) in [6.07, 6.45) is 2.34. The van der Waals surface area contributed by atoms with Crippen LogP contribution < -0.4 is 10.9 Å². The van der Waals surface area contributed by atoms with Gasteiger partial charge in [-0.3, -0.25) is 4.90 Å². The van der Waals surface area contributed by atoms with Crippen molar-refractivity contribution in [2.24, 2.45) is 11.7 Å². The molecule has 1 aromatic carbocycles. The zero-order valence-corrected chi connectivity index (χ0v) is 14.5. The molecular weight excluding hydrogens is 260 g/mol. The zero-order valence-electron chi connectivity index (χ0n) is 13.5. The predicted octanol–water partition coefficient (Wildman–Crippen LogP) is 2.79. The van der Waals surface area contributed by atoms with Gasteiger partial charge in [-0.2, -0.15) is 0 Å². The summed E-state index contributed by atoms with van der Waals surface area (Å²) in [6.45, 7) is 12.9. The number of piperidine rings is 1. The molecule has 0 aromatic heterocycles. The second kappa shape index (κ2) is 6.42. The van der Waals surface area contributed by atoms with Crippen LogP contribution in [0.5, 0.6) is 0 Å². The van der Waals surface area contributed by atoms with Gasteiger partial charge >= 0.3 is 0 Å². The van der Waals surface area contributed by atoms with Crippen LogP contribution in [0.4, 0.5) is 0 Å². The van der Waals surface area contributed by atoms with E-state index in [1.807, 2.05) is 0 Å². The fourth-order valence-corrected chi connectivity index (χ4v) is 4.24. The fourth-order valence-electron chi connectivity index (χ4n) is 3.07. The molecule has 1 heterocycles. The van der Waals surface area contributed by atoms with Crippen LogP contribution in [0.3, 0.4) is 0 Å². The summed E-state index contributed by atoms with van der Waals surface area (Å²) in [5, 5.41) is 1.55. The van der Waals surface area contributed by atoms with E-state index in [1.165, 1.54) is 12.0 Å². The first-order valence-electron chi connectivity index (χ1n) is 7.97. The molecule has 20 heavy (non-hydrogen) atoms. The number of nitrogens with zero attached hydrogens (tertiary/aromatic N) is 1. The Balaban J connectivity index is 1.97. The van der Waals surface area contributed by atoms with Crippen LogP contribution in [-0.4, -0.2) is 32.1 Å². The molecule has 2 N–H and O–H groups in total. The zero-order chi connectivity index (χ0) is 14.8. The van der Waals surface area contributed by atoms with E-state index in [9.17, 15) is 0 Å². The first-order valence-corrected chi connectivity index (χ1v) is 11.5. The minimum absolute atomic E-state index is 0.408. The van der Waals surface area contributed by atoms with Crippen LogP contribution in [0, 0.1) is 5.92 Å². The SMILES string of the molecule is CCC1CN(Cc2ccc([Si](C)(C)C)cc2)CCC1N. The van der Waals surface area contributed by atoms with E-state index in [2.05, 4.69) is 55.7 Å². The maximum Gasteiger partial charge on any atom is 0.0775 e. The lowest BCUT2D eigenvalue weighted by molar-refractivity contribution is 0.145. The number of benzene rings is 1. The predicted molar refractivity (Wildman–Crippen MR) is 91.1 cm³/mol. The minimum Gasteiger partial charge on any atom is -0.327 e. The Morgan fingerprint density at radius 1 is 1.20 bits per heavy atom. The Labute approximate surface area is 125 Å². The van der Waals surface area contributed by atoms with E-state index in [0.717, 1.165) is 26.1 Å². The molecular formula is C17H30N2Si. The van der Waals surface area contributed by atoms with E-state index in [1.54, 1.807) is 5.19 Å². The Morgan fingerprint density at radius 2 is 1.85 bits per heavy atom. The Morgan fingerprint density at radius 3 is 2.40 bits per heavy atom. The van der Waals surface area contributed by atoms with Crippen LogP contribution in [0.25, 0.3) is 0 Å². The standard InChI is InChI=1S/C17H30N2Si/c1-5-15-13-19(11-10-17(15)18)12-14-6-8-16(9-7-14)20(2,3)4/h6-9,15,17H,5,10-13,18H2,1-4H3. The van der Waals surface area contributed by atoms with Crippen LogP contribution >= 0.6 is 0 Å². The molecule has 2 atom stereocenters. The van der Waals surface area contributed by atoms with Crippen molar-refractivity contribution in [3.63, 3.8) is 0 Å². The van der Waals surface area contributed by atoms with Gasteiger partial charge in [0.15, 0.2) is 0 Å². The highest BCUT2D eigenvalue weighted by Crippen LogP contribution is 2.20. The van der Waals surface area contributed by atoms with Gasteiger partial charge in [-0.15, -0.1) is 0 Å². The first kappa shape index (κ1) is 15.7. The van der Waals surface area contributed by atoms with Gasteiger partial charge in [-0.1, -0.05) is 62.4 Å². The van der Waals surface area contributed by atoms with Crippen molar-refractivity contribution in [1.82, 2.24) is 4.90 Å². The van der Waals surface area contributed by atoms with Gasteiger partial charge in [0.1, 0.15) is 0 Å². The Bertz CT molecular complexity index is 422. The average molecular weight is 291 g/mol. The second-order valence-corrected chi connectivity index (χ2v) is 12.4. The third-order valence-electron chi connectivity index (χ3n) is 4.63. The summed E-state index contributed by atoms with van der Waals surface area (Å²) in [4.78, 5) is 2.57. The molecule has 2 rings (SSSR count). The molecule has 2 unspecified atom stereocenters. The van der Waals surface area contributed by atoms with E-state index in [4.69, 9.17) is 5.73 Å². The molecule has 0 amide bonds. The molecule has 1 fully saturated rings. The fraction of sp³-hybridized carbons (Fsp3) is 0.647. The van der Waals surface area contributed by atoms with Crippen molar-refractivity contribution in [3.8, 4) is 0 Å². The van der Waals surface area contributed by atoms with Crippen LogP contribution in [-0.2, 0) is 6.54 Å². The van der Waals surface area contributed by atoms with Crippen molar-refractivity contribution in [2.45, 2.75) is 52.0 Å². The lowest BCUT2D eigenvalue weighted by Gasteiger charge is -2.36. The molecule has 0 bridgehead atoms. The van der Waals surface area contributed by atoms with E-state index in [0.29, 0.717) is 12.0 Å². The van der Waals surface area contributed by atoms with Gasteiger partial charge in [-0.25, -0.2) is 0 Å². The first-order chi connectivity index (χ1) is 9.40. The summed E-state index contributed by atoms with van der Waals surface area (Å²) in [5.41, 5.74) is 7.63. The summed E-state index contributed by atoms with van der Waals surface area (Å²) in [6, 6.07) is 9.74. The monoisotopic (exact) mass is 290 g/mol. The second-order valence-electron chi connectivity index (χ2n) is 7.30. The van der Waals surface area contributed by atoms with Crippen molar-refractivity contribution in [3.05, 3.63) is 29.8 Å². The van der Waals surface area contributed by atoms with Crippen LogP contribution in [0.15, 0.2) is 24.3 Å². The summed E-state index contributed by atoms with van der Waals surface area (Å²) in [5.74, 6) is 0.671. The lowest BCUT2D eigenvalue weighted by Crippen LogP contribution is -2.46. The molecule has 1 aliphatic rings. The number of rotatable bonds is 4. The van der Waals surface area contributed by atoms with Crippen molar-refractivity contribution >= 4 is 13.3 Å². The minimum atomic E-state index is -1.16. The van der Waals surface area contributed by atoms with Gasteiger partial charge in [0.2, 0.25) is 0 Å². The van der Waals surface area contributed by atoms with Crippen molar-refractivity contribution in [1.29, 1.82) is 0 Å². The quantitative estimate of drug-likeness (QED) is 0.864. The van der Waals surface area contributed by atoms with Gasteiger partial charge in [0.25, 0.3) is 0 Å². The lowest BCUT2D eigenvalue weighted by atomic mass is 9.90. The third-order valence-corrected chi connectivity index (χ3v) is 6.69. The smallest absolute Gasteiger partial charge is 0.0775 e. The number of nitrogens with two attached hydrogens (primary N) is 1. The largest absolute Gasteiger partial charge is 0.327 e. The van der Waals surface area contributed by atoms with Crippen molar-refractivity contribution < 1.29 is 0 Å². The number of hydrogen-bond donors (Lipinski definition) is 1. The molecule has 1 aromatic rings. The van der Waals surface area contributed by atoms with E-state index in [-0.39, 0.29) is 0 Å². The van der Waals surface area contributed by atoms with Crippen molar-refractivity contribution in [2.75, 3.05) is 13.1 Å². The molecule has 0 spiro atoms. The summed E-state index contributed by atoms with van der Waals surface area (Å²) < 4.78 is 0. The highest BCUT2D eigenvalue weighted by molar-refractivity contribution is 6.88. The van der Waals surface area contributed by atoms with Crippen LogP contribution in [0.1, 0.15) is 25.3 Å². The third kappa shape index (κ3) is 3.93. The molecule has 3 heteroatoms. The van der Waals surface area contributed by atoms with E-state index >= 15 is 0 Å².